The third kappa shape index (κ3) is 6.34. The van der Waals surface area contributed by atoms with Crippen molar-refractivity contribution in [3.05, 3.63) is 23.8 Å². The van der Waals surface area contributed by atoms with Gasteiger partial charge in [0.05, 0.1) is 6.54 Å². The van der Waals surface area contributed by atoms with Crippen LogP contribution in [0.3, 0.4) is 0 Å². The molecule has 0 radical (unpaired) electrons. The predicted octanol–water partition coefficient (Wildman–Crippen LogP) is 1.85. The highest BCUT2D eigenvalue weighted by Gasteiger charge is 2.34. The lowest BCUT2D eigenvalue weighted by Crippen LogP contribution is -2.82. The van der Waals surface area contributed by atoms with Crippen LogP contribution in [-0.2, 0) is 20.8 Å². The molecule has 0 aliphatic carbocycles. The normalized spacial score (nSPS) is 18.2. The summed E-state index contributed by atoms with van der Waals surface area (Å²) in [6, 6.07) is 5.96. The van der Waals surface area contributed by atoms with Gasteiger partial charge in [-0.25, -0.2) is 9.69 Å². The number of imide groups is 1. The average molecular weight is 422 g/mol. The van der Waals surface area contributed by atoms with E-state index in [9.17, 15) is 9.59 Å². The molecule has 0 bridgehead atoms. The van der Waals surface area contributed by atoms with Crippen molar-refractivity contribution in [2.75, 3.05) is 32.9 Å². The summed E-state index contributed by atoms with van der Waals surface area (Å²) < 4.78 is 22.1. The van der Waals surface area contributed by atoms with Crippen molar-refractivity contribution in [2.24, 2.45) is 0 Å². The van der Waals surface area contributed by atoms with Crippen molar-refractivity contribution in [1.29, 1.82) is 0 Å². The summed E-state index contributed by atoms with van der Waals surface area (Å²) in [4.78, 5) is 26.5. The second-order valence-electron chi connectivity index (χ2n) is 8.58. The van der Waals surface area contributed by atoms with Crippen LogP contribution >= 0.6 is 0 Å². The zero-order valence-corrected chi connectivity index (χ0v) is 18.1. The molecule has 0 aromatic heterocycles. The van der Waals surface area contributed by atoms with Crippen molar-refractivity contribution in [3.63, 3.8) is 0 Å². The van der Waals surface area contributed by atoms with E-state index in [0.717, 1.165) is 36.6 Å². The SMILES string of the molecule is CC(C)(C)OC(=O)N(CCC[NH2+]Cc1ccc2c(c1)OCCO2)C(=O)[C@H]1CCCO1. The van der Waals surface area contributed by atoms with E-state index in [1.54, 1.807) is 20.8 Å². The van der Waals surface area contributed by atoms with Gasteiger partial charge in [-0.15, -0.1) is 0 Å². The van der Waals surface area contributed by atoms with Crippen molar-refractivity contribution in [2.45, 2.75) is 58.3 Å². The third-order valence-corrected chi connectivity index (χ3v) is 4.86. The lowest BCUT2D eigenvalue weighted by Gasteiger charge is -2.27. The van der Waals surface area contributed by atoms with E-state index in [1.807, 2.05) is 18.2 Å². The number of nitrogens with two attached hydrogens (primary N) is 1. The van der Waals surface area contributed by atoms with Crippen LogP contribution in [0, 0.1) is 0 Å². The number of nitrogens with zero attached hydrogens (tertiary/aromatic N) is 1. The summed E-state index contributed by atoms with van der Waals surface area (Å²) in [6.45, 7) is 8.95. The maximum Gasteiger partial charge on any atom is 0.417 e. The molecule has 1 aromatic carbocycles. The fourth-order valence-corrected chi connectivity index (χ4v) is 3.43. The Morgan fingerprint density at radius 1 is 1.17 bits per heavy atom. The first kappa shape index (κ1) is 22.4. The van der Waals surface area contributed by atoms with Gasteiger partial charge in [0.2, 0.25) is 0 Å². The Hall–Kier alpha value is -2.32. The molecule has 0 spiro atoms. The molecular formula is C22H33N2O6+. The molecule has 2 aliphatic rings. The monoisotopic (exact) mass is 421 g/mol. The van der Waals surface area contributed by atoms with Crippen molar-refractivity contribution in [1.82, 2.24) is 4.90 Å². The van der Waals surface area contributed by atoms with Crippen molar-refractivity contribution < 1.29 is 33.9 Å². The molecule has 1 saturated heterocycles. The molecule has 1 aromatic rings. The number of carbonyl (C=O) groups is 2. The van der Waals surface area contributed by atoms with Crippen LogP contribution < -0.4 is 14.8 Å². The van der Waals surface area contributed by atoms with Gasteiger partial charge in [-0.05, 0) is 51.8 Å². The molecule has 1 atom stereocenters. The molecule has 2 amide bonds. The number of fused-ring (bicyclic) bond motifs is 1. The molecule has 166 valence electrons. The van der Waals surface area contributed by atoms with Crippen LogP contribution in [-0.4, -0.2) is 61.5 Å². The molecule has 8 heteroatoms. The molecule has 3 rings (SSSR count). The van der Waals surface area contributed by atoms with E-state index in [2.05, 4.69) is 5.32 Å². The fraction of sp³-hybridized carbons (Fsp3) is 0.636. The summed E-state index contributed by atoms with van der Waals surface area (Å²) in [5.74, 6) is 1.27. The van der Waals surface area contributed by atoms with Crippen LogP contribution in [0.4, 0.5) is 4.79 Å². The Balaban J connectivity index is 1.48. The minimum atomic E-state index is -0.656. The highest BCUT2D eigenvalue weighted by molar-refractivity contribution is 5.94. The Morgan fingerprint density at radius 3 is 2.63 bits per heavy atom. The number of ether oxygens (including phenoxy) is 4. The van der Waals surface area contributed by atoms with Crippen LogP contribution in [0.25, 0.3) is 0 Å². The highest BCUT2D eigenvalue weighted by Crippen LogP contribution is 2.30. The first-order valence-corrected chi connectivity index (χ1v) is 10.7. The number of quaternary nitrogens is 1. The van der Waals surface area contributed by atoms with Gasteiger partial charge in [-0.1, -0.05) is 0 Å². The maximum atomic E-state index is 12.8. The quantitative estimate of drug-likeness (QED) is 0.676. The number of hydrogen-bond acceptors (Lipinski definition) is 6. The Morgan fingerprint density at radius 2 is 1.93 bits per heavy atom. The minimum Gasteiger partial charge on any atom is -0.486 e. The molecular weight excluding hydrogens is 388 g/mol. The molecule has 1 fully saturated rings. The van der Waals surface area contributed by atoms with E-state index >= 15 is 0 Å². The minimum absolute atomic E-state index is 0.298. The van der Waals surface area contributed by atoms with E-state index in [0.29, 0.717) is 39.2 Å². The highest BCUT2D eigenvalue weighted by atomic mass is 16.6. The maximum absolute atomic E-state index is 12.8. The average Bonchev–Trinajstić information content (AvgIpc) is 3.23. The fourth-order valence-electron chi connectivity index (χ4n) is 3.43. The zero-order valence-electron chi connectivity index (χ0n) is 18.1. The number of carbonyl (C=O) groups excluding carboxylic acids is 2. The van der Waals surface area contributed by atoms with E-state index in [1.165, 1.54) is 4.90 Å². The summed E-state index contributed by atoms with van der Waals surface area (Å²) in [7, 11) is 0. The van der Waals surface area contributed by atoms with E-state index < -0.39 is 17.8 Å². The lowest BCUT2D eigenvalue weighted by atomic mass is 10.2. The van der Waals surface area contributed by atoms with Gasteiger partial charge in [0.1, 0.15) is 31.5 Å². The summed E-state index contributed by atoms with van der Waals surface area (Å²) in [5, 5.41) is 2.15. The van der Waals surface area contributed by atoms with Crippen LogP contribution in [0.5, 0.6) is 11.5 Å². The first-order chi connectivity index (χ1) is 14.3. The van der Waals surface area contributed by atoms with Gasteiger partial charge in [0.25, 0.3) is 5.91 Å². The molecule has 2 heterocycles. The topological polar surface area (TPSA) is 90.9 Å². The summed E-state index contributed by atoms with van der Waals surface area (Å²) in [6.07, 6.45) is 1.01. The second kappa shape index (κ2) is 10.1. The first-order valence-electron chi connectivity index (χ1n) is 10.7. The second-order valence-corrected chi connectivity index (χ2v) is 8.58. The summed E-state index contributed by atoms with van der Waals surface area (Å²) in [5.41, 5.74) is 0.481. The van der Waals surface area contributed by atoms with Gasteiger partial charge in [-0.3, -0.25) is 4.79 Å². The van der Waals surface area contributed by atoms with E-state index in [-0.39, 0.29) is 5.91 Å². The number of amides is 2. The molecule has 0 saturated carbocycles. The van der Waals surface area contributed by atoms with E-state index in [4.69, 9.17) is 18.9 Å². The van der Waals surface area contributed by atoms with Gasteiger partial charge in [-0.2, -0.15) is 0 Å². The zero-order chi connectivity index (χ0) is 21.6. The molecule has 2 N–H and O–H groups in total. The van der Waals surface area contributed by atoms with Gasteiger partial charge in [0.15, 0.2) is 11.5 Å². The number of hydrogen-bond donors (Lipinski definition) is 1. The van der Waals surface area contributed by atoms with Gasteiger partial charge < -0.3 is 24.3 Å². The molecule has 8 nitrogen and oxygen atoms in total. The third-order valence-electron chi connectivity index (χ3n) is 4.86. The molecule has 0 unspecified atom stereocenters. The largest absolute Gasteiger partial charge is 0.486 e. The van der Waals surface area contributed by atoms with Gasteiger partial charge >= 0.3 is 6.09 Å². The van der Waals surface area contributed by atoms with Crippen LogP contribution in [0.15, 0.2) is 18.2 Å². The summed E-state index contributed by atoms with van der Waals surface area (Å²) >= 11 is 0. The lowest BCUT2D eigenvalue weighted by molar-refractivity contribution is -0.670. The standard InChI is InChI=1S/C22H32N2O6/c1-22(2,3)30-21(26)24(20(25)18-6-4-11-27-18)10-5-9-23-15-16-7-8-17-19(14-16)29-13-12-28-17/h7-8,14,18,23H,4-6,9-13,15H2,1-3H3/p+1/t18-/m1/s1. The number of rotatable bonds is 7. The van der Waals surface area contributed by atoms with Gasteiger partial charge in [0, 0.05) is 25.1 Å². The molecule has 2 aliphatic heterocycles. The smallest absolute Gasteiger partial charge is 0.417 e. The van der Waals surface area contributed by atoms with Crippen LogP contribution in [0.1, 0.15) is 45.6 Å². The van der Waals surface area contributed by atoms with Crippen molar-refractivity contribution in [3.8, 4) is 11.5 Å². The Labute approximate surface area is 177 Å². The number of benzene rings is 1. The van der Waals surface area contributed by atoms with Crippen LogP contribution in [0.2, 0.25) is 0 Å². The Kier molecular flexibility index (Phi) is 7.55. The molecule has 30 heavy (non-hydrogen) atoms. The Bertz CT molecular complexity index is 740. The predicted molar refractivity (Wildman–Crippen MR) is 109 cm³/mol. The van der Waals surface area contributed by atoms with Crippen molar-refractivity contribution >= 4 is 12.0 Å².